The Bertz CT molecular complexity index is 2080. The Kier molecular flexibility index (Phi) is 10.4. The first-order chi connectivity index (χ1) is 26.1. The number of aliphatic carboxylic acids is 1. The number of nitrogens with zero attached hydrogens (tertiary/aromatic N) is 4. The molecule has 3 aliphatic rings. The Morgan fingerprint density at radius 3 is 2.50 bits per heavy atom. The molecule has 2 fully saturated rings. The Hall–Kier alpha value is -5.72. The molecule has 282 valence electrons. The van der Waals surface area contributed by atoms with Crippen LogP contribution in [0.25, 0.3) is 22.3 Å². The van der Waals surface area contributed by atoms with Gasteiger partial charge in [-0.2, -0.15) is 4.98 Å². The molecule has 12 nitrogen and oxygen atoms in total. The first kappa shape index (κ1) is 36.6. The van der Waals surface area contributed by atoms with Gasteiger partial charge in [0.05, 0.1) is 31.7 Å². The van der Waals surface area contributed by atoms with Crippen molar-refractivity contribution in [1.29, 1.82) is 0 Å². The molecule has 2 N–H and O–H groups in total. The maximum atomic E-state index is 14.6. The summed E-state index contributed by atoms with van der Waals surface area (Å²) in [5.74, 6) is -0.545. The first-order valence-electron chi connectivity index (χ1n) is 18.3. The molecule has 3 heterocycles. The summed E-state index contributed by atoms with van der Waals surface area (Å²) in [6.45, 7) is 2.69. The van der Waals surface area contributed by atoms with Gasteiger partial charge in [0, 0.05) is 36.6 Å². The minimum absolute atomic E-state index is 0.0476. The van der Waals surface area contributed by atoms with E-state index in [0.717, 1.165) is 36.8 Å². The average molecular weight is 738 g/mol. The second-order valence-electron chi connectivity index (χ2n) is 14.2. The number of halogens is 1. The number of rotatable bonds is 8. The average Bonchev–Trinajstić information content (AvgIpc) is 3.71. The molecule has 2 aliphatic heterocycles. The van der Waals surface area contributed by atoms with E-state index in [1.54, 1.807) is 43.4 Å². The lowest BCUT2D eigenvalue weighted by Crippen LogP contribution is -2.55. The van der Waals surface area contributed by atoms with Gasteiger partial charge in [-0.3, -0.25) is 4.79 Å². The molecule has 13 heteroatoms. The fourth-order valence-corrected chi connectivity index (χ4v) is 7.47. The van der Waals surface area contributed by atoms with Gasteiger partial charge in [-0.15, -0.1) is 0 Å². The quantitative estimate of drug-likeness (QED) is 0.199. The summed E-state index contributed by atoms with van der Waals surface area (Å²) in [4.78, 5) is 54.2. The van der Waals surface area contributed by atoms with Gasteiger partial charge in [0.2, 0.25) is 11.8 Å². The standard InChI is InChI=1S/C41H44FN5O7/c1-25-34(53-3)19-18-32-35(25)43-36(27-12-14-29(42)15-13-27)44-38(32)54-31-21-33-37(48)45-41(39(49)50)22-28(41)9-7-5-4-6-8-20-46(40(51)47(33)24-31)23-26-10-16-30(52-2)17-11-26/h7,9-19,28,31,33H,4-6,8,20-24H2,1-3H3,(H,45,48)(H,49,50)/b9-7-. The third kappa shape index (κ3) is 7.39. The molecule has 4 atom stereocenters. The summed E-state index contributed by atoms with van der Waals surface area (Å²) < 4.78 is 31.4. The summed E-state index contributed by atoms with van der Waals surface area (Å²) in [5, 5.41) is 13.7. The summed E-state index contributed by atoms with van der Waals surface area (Å²) >= 11 is 0. The highest BCUT2D eigenvalue weighted by Gasteiger charge is 2.61. The number of carbonyl (C=O) groups excluding carboxylic acids is 2. The zero-order chi connectivity index (χ0) is 38.0. The van der Waals surface area contributed by atoms with Crippen LogP contribution in [0.4, 0.5) is 9.18 Å². The fraction of sp³-hybridized carbons (Fsp3) is 0.390. The predicted molar refractivity (Wildman–Crippen MR) is 199 cm³/mol. The van der Waals surface area contributed by atoms with Crippen LogP contribution < -0.4 is 19.5 Å². The number of methoxy groups -OCH3 is 2. The van der Waals surface area contributed by atoms with Crippen LogP contribution in [0.1, 0.15) is 49.7 Å². The van der Waals surface area contributed by atoms with E-state index in [1.165, 1.54) is 17.0 Å². The van der Waals surface area contributed by atoms with Crippen LogP contribution >= 0.6 is 0 Å². The van der Waals surface area contributed by atoms with E-state index in [1.807, 2.05) is 43.3 Å². The number of hydrogen-bond acceptors (Lipinski definition) is 8. The molecule has 1 aliphatic carbocycles. The molecule has 3 aromatic carbocycles. The number of nitrogens with one attached hydrogen (secondary N) is 1. The number of fused-ring (bicyclic) bond motifs is 3. The minimum atomic E-state index is -1.44. The van der Waals surface area contributed by atoms with Gasteiger partial charge in [0.1, 0.15) is 35.0 Å². The number of amides is 3. The normalized spacial score (nSPS) is 23.7. The Labute approximate surface area is 312 Å². The van der Waals surface area contributed by atoms with E-state index < -0.39 is 35.4 Å². The summed E-state index contributed by atoms with van der Waals surface area (Å²) in [6.07, 6.45) is 6.87. The van der Waals surface area contributed by atoms with Crippen LogP contribution in [0, 0.1) is 18.7 Å². The molecule has 4 aromatic rings. The van der Waals surface area contributed by atoms with E-state index in [4.69, 9.17) is 24.2 Å². The molecule has 54 heavy (non-hydrogen) atoms. The van der Waals surface area contributed by atoms with Gasteiger partial charge in [-0.05, 0) is 86.7 Å². The molecule has 7 rings (SSSR count). The van der Waals surface area contributed by atoms with Crippen molar-refractivity contribution in [3.8, 4) is 28.8 Å². The van der Waals surface area contributed by atoms with Crippen LogP contribution in [0.15, 0.2) is 72.8 Å². The number of urea groups is 1. The summed E-state index contributed by atoms with van der Waals surface area (Å²) in [7, 11) is 3.17. The number of carbonyl (C=O) groups is 3. The highest BCUT2D eigenvalue weighted by molar-refractivity contribution is 5.95. The van der Waals surface area contributed by atoms with Gasteiger partial charge in [-0.1, -0.05) is 30.7 Å². The van der Waals surface area contributed by atoms with Gasteiger partial charge in [0.25, 0.3) is 0 Å². The third-order valence-corrected chi connectivity index (χ3v) is 10.7. The van der Waals surface area contributed by atoms with Crippen LogP contribution in [0.2, 0.25) is 0 Å². The van der Waals surface area contributed by atoms with Gasteiger partial charge < -0.3 is 34.4 Å². The Morgan fingerprint density at radius 1 is 1.00 bits per heavy atom. The molecule has 0 spiro atoms. The monoisotopic (exact) mass is 737 g/mol. The van der Waals surface area contributed by atoms with Crippen molar-refractivity contribution < 1.29 is 38.1 Å². The topological polar surface area (TPSA) is 143 Å². The lowest BCUT2D eigenvalue weighted by molar-refractivity contribution is -0.144. The molecule has 1 saturated heterocycles. The number of ether oxygens (including phenoxy) is 3. The molecular formula is C41H44FN5O7. The van der Waals surface area contributed by atoms with E-state index in [0.29, 0.717) is 46.9 Å². The number of allylic oxidation sites excluding steroid dienone is 1. The van der Waals surface area contributed by atoms with Crippen LogP contribution in [0.5, 0.6) is 17.4 Å². The van der Waals surface area contributed by atoms with Crippen molar-refractivity contribution >= 4 is 28.8 Å². The third-order valence-electron chi connectivity index (χ3n) is 10.7. The smallest absolute Gasteiger partial charge is 0.330 e. The lowest BCUT2D eigenvalue weighted by atomic mass is 10.1. The Balaban J connectivity index is 1.24. The van der Waals surface area contributed by atoms with E-state index >= 15 is 0 Å². The van der Waals surface area contributed by atoms with Crippen molar-refractivity contribution in [3.05, 3.63) is 89.8 Å². The van der Waals surface area contributed by atoms with Crippen LogP contribution in [-0.4, -0.2) is 87.8 Å². The molecule has 1 saturated carbocycles. The molecular weight excluding hydrogens is 693 g/mol. The predicted octanol–water partition coefficient (Wildman–Crippen LogP) is 6.30. The van der Waals surface area contributed by atoms with Gasteiger partial charge in [0.15, 0.2) is 5.82 Å². The van der Waals surface area contributed by atoms with Gasteiger partial charge >= 0.3 is 12.0 Å². The van der Waals surface area contributed by atoms with Crippen molar-refractivity contribution in [2.24, 2.45) is 5.92 Å². The number of benzene rings is 3. The minimum Gasteiger partial charge on any atom is -0.497 e. The largest absolute Gasteiger partial charge is 0.497 e. The van der Waals surface area contributed by atoms with Crippen molar-refractivity contribution in [2.75, 3.05) is 27.3 Å². The number of carboxylic acids is 1. The molecule has 0 bridgehead atoms. The van der Waals surface area contributed by atoms with Crippen molar-refractivity contribution in [1.82, 2.24) is 25.1 Å². The molecule has 0 radical (unpaired) electrons. The maximum Gasteiger partial charge on any atom is 0.330 e. The van der Waals surface area contributed by atoms with E-state index in [2.05, 4.69) is 5.32 Å². The summed E-state index contributed by atoms with van der Waals surface area (Å²) in [6, 6.07) is 15.6. The van der Waals surface area contributed by atoms with Crippen LogP contribution in [0.3, 0.4) is 0 Å². The molecule has 3 amide bonds. The Morgan fingerprint density at radius 2 is 1.78 bits per heavy atom. The first-order valence-corrected chi connectivity index (χ1v) is 18.3. The fourth-order valence-electron chi connectivity index (χ4n) is 7.47. The second-order valence-corrected chi connectivity index (χ2v) is 14.2. The summed E-state index contributed by atoms with van der Waals surface area (Å²) in [5.41, 5.74) is 1.35. The zero-order valence-electron chi connectivity index (χ0n) is 30.6. The number of carboxylic acid groups (broad SMARTS) is 1. The van der Waals surface area contributed by atoms with Gasteiger partial charge in [-0.25, -0.2) is 19.0 Å². The second kappa shape index (κ2) is 15.3. The van der Waals surface area contributed by atoms with E-state index in [-0.39, 0.29) is 37.2 Å². The van der Waals surface area contributed by atoms with Crippen molar-refractivity contribution in [2.45, 2.75) is 69.7 Å². The molecule has 4 unspecified atom stereocenters. The number of aryl methyl sites for hydroxylation is 1. The molecule has 1 aromatic heterocycles. The highest BCUT2D eigenvalue weighted by Crippen LogP contribution is 2.45. The zero-order valence-corrected chi connectivity index (χ0v) is 30.6. The van der Waals surface area contributed by atoms with E-state index in [9.17, 15) is 23.9 Å². The lowest BCUT2D eigenvalue weighted by Gasteiger charge is -2.32. The number of hydrogen-bond donors (Lipinski definition) is 2. The van der Waals surface area contributed by atoms with Crippen LogP contribution in [-0.2, 0) is 16.1 Å². The maximum absolute atomic E-state index is 14.6. The van der Waals surface area contributed by atoms with Crippen molar-refractivity contribution in [3.63, 3.8) is 0 Å². The number of aromatic nitrogens is 2. The highest BCUT2D eigenvalue weighted by atomic mass is 19.1. The SMILES string of the molecule is COc1ccc(CN2CCCCC/C=C\C3CC3(C(=O)O)NC(=O)C3CC(Oc4nc(-c5ccc(F)cc5)nc5c(C)c(OC)ccc45)CN3C2=O)cc1.